The molecule has 0 aliphatic rings. The van der Waals surface area contributed by atoms with Crippen LogP contribution in [0, 0.1) is 12.7 Å². The average Bonchev–Trinajstić information content (AvgIpc) is 2.44. The number of rotatable bonds is 10. The van der Waals surface area contributed by atoms with Gasteiger partial charge in [0.05, 0.1) is 5.60 Å². The van der Waals surface area contributed by atoms with Gasteiger partial charge in [0, 0.05) is 0 Å². The molecule has 0 aliphatic heterocycles. The summed E-state index contributed by atoms with van der Waals surface area (Å²) in [6, 6.07) is 5.05. The molecule has 0 saturated heterocycles. The summed E-state index contributed by atoms with van der Waals surface area (Å²) in [6.45, 7) is 5.76. The van der Waals surface area contributed by atoms with Crippen LogP contribution in [-0.4, -0.2) is 5.11 Å². The van der Waals surface area contributed by atoms with E-state index in [-0.39, 0.29) is 5.82 Å². The number of aryl methyl sites for hydroxylation is 1. The predicted molar refractivity (Wildman–Crippen MR) is 87.9 cm³/mol. The Morgan fingerprint density at radius 3 is 2.14 bits per heavy atom. The highest BCUT2D eigenvalue weighted by atomic mass is 19.1. The molecule has 21 heavy (non-hydrogen) atoms. The van der Waals surface area contributed by atoms with Crippen LogP contribution in [0.1, 0.15) is 82.8 Å². The van der Waals surface area contributed by atoms with Crippen molar-refractivity contribution in [2.45, 2.75) is 84.2 Å². The Labute approximate surface area is 129 Å². The van der Waals surface area contributed by atoms with E-state index in [0.717, 1.165) is 12.8 Å². The second-order valence-corrected chi connectivity index (χ2v) is 6.46. The summed E-state index contributed by atoms with van der Waals surface area (Å²) < 4.78 is 13.6. The monoisotopic (exact) mass is 294 g/mol. The van der Waals surface area contributed by atoms with Gasteiger partial charge in [0.1, 0.15) is 5.82 Å². The molecule has 2 heteroatoms. The third-order valence-corrected chi connectivity index (χ3v) is 4.31. The van der Waals surface area contributed by atoms with E-state index in [1.165, 1.54) is 44.6 Å². The minimum absolute atomic E-state index is 0.233. The van der Waals surface area contributed by atoms with Gasteiger partial charge in [-0.15, -0.1) is 0 Å². The smallest absolute Gasteiger partial charge is 0.126 e. The number of hydrogen-bond donors (Lipinski definition) is 1. The first kappa shape index (κ1) is 18.2. The first-order valence-electron chi connectivity index (χ1n) is 8.46. The van der Waals surface area contributed by atoms with Crippen molar-refractivity contribution in [1.29, 1.82) is 0 Å². The molecule has 0 aromatic heterocycles. The Hall–Kier alpha value is -0.890. The van der Waals surface area contributed by atoms with Gasteiger partial charge in [-0.2, -0.15) is 0 Å². The molecule has 0 spiro atoms. The lowest BCUT2D eigenvalue weighted by molar-refractivity contribution is 0.0445. The van der Waals surface area contributed by atoms with Gasteiger partial charge in [0.2, 0.25) is 0 Å². The van der Waals surface area contributed by atoms with Gasteiger partial charge in [0.15, 0.2) is 0 Å². The van der Waals surface area contributed by atoms with Gasteiger partial charge in [-0.05, 0) is 37.5 Å². The molecule has 0 radical (unpaired) electrons. The van der Waals surface area contributed by atoms with Crippen LogP contribution in [0.5, 0.6) is 0 Å². The number of unbranched alkanes of at least 4 members (excludes halogenated alkanes) is 7. The van der Waals surface area contributed by atoms with Gasteiger partial charge in [-0.3, -0.25) is 0 Å². The van der Waals surface area contributed by atoms with Crippen molar-refractivity contribution in [3.05, 3.63) is 35.1 Å². The highest BCUT2D eigenvalue weighted by molar-refractivity contribution is 5.27. The summed E-state index contributed by atoms with van der Waals surface area (Å²) >= 11 is 0. The zero-order valence-electron chi connectivity index (χ0n) is 13.9. The summed E-state index contributed by atoms with van der Waals surface area (Å²) in [7, 11) is 0. The van der Waals surface area contributed by atoms with Crippen LogP contribution in [0.15, 0.2) is 18.2 Å². The maximum atomic E-state index is 13.6. The number of aliphatic hydroxyl groups is 1. The molecule has 120 valence electrons. The Morgan fingerprint density at radius 1 is 1.00 bits per heavy atom. The molecule has 0 amide bonds. The van der Waals surface area contributed by atoms with Crippen molar-refractivity contribution in [2.75, 3.05) is 0 Å². The molecule has 1 atom stereocenters. The van der Waals surface area contributed by atoms with Crippen LogP contribution in [-0.2, 0) is 5.60 Å². The lowest BCUT2D eigenvalue weighted by atomic mass is 9.89. The molecule has 1 N–H and O–H groups in total. The Balaban J connectivity index is 2.28. The SMILES string of the molecule is CCCCCCCCCCC(C)(O)c1ccc(C)c(F)c1. The highest BCUT2D eigenvalue weighted by Gasteiger charge is 2.23. The molecule has 1 unspecified atom stereocenters. The van der Waals surface area contributed by atoms with Gasteiger partial charge in [0.25, 0.3) is 0 Å². The maximum Gasteiger partial charge on any atom is 0.126 e. The number of benzene rings is 1. The third-order valence-electron chi connectivity index (χ3n) is 4.31. The molecule has 0 fully saturated rings. The van der Waals surface area contributed by atoms with Crippen LogP contribution in [0.2, 0.25) is 0 Å². The zero-order chi connectivity index (χ0) is 15.7. The molecule has 0 bridgehead atoms. The van der Waals surface area contributed by atoms with Gasteiger partial charge in [-0.25, -0.2) is 4.39 Å². The predicted octanol–water partition coefficient (Wildman–Crippen LogP) is 5.87. The minimum atomic E-state index is -0.920. The van der Waals surface area contributed by atoms with E-state index in [4.69, 9.17) is 0 Å². The normalized spacial score (nSPS) is 14.1. The lowest BCUT2D eigenvalue weighted by Crippen LogP contribution is -2.21. The fraction of sp³-hybridized carbons (Fsp3) is 0.684. The molecule has 1 rings (SSSR count). The Bertz CT molecular complexity index is 412. The van der Waals surface area contributed by atoms with Gasteiger partial charge >= 0.3 is 0 Å². The van der Waals surface area contributed by atoms with E-state index in [0.29, 0.717) is 17.5 Å². The van der Waals surface area contributed by atoms with Crippen LogP contribution < -0.4 is 0 Å². The topological polar surface area (TPSA) is 20.2 Å². The second-order valence-electron chi connectivity index (χ2n) is 6.46. The zero-order valence-corrected chi connectivity index (χ0v) is 13.9. The van der Waals surface area contributed by atoms with E-state index < -0.39 is 5.60 Å². The van der Waals surface area contributed by atoms with Gasteiger partial charge < -0.3 is 5.11 Å². The summed E-state index contributed by atoms with van der Waals surface area (Å²) in [4.78, 5) is 0. The Kier molecular flexibility index (Phi) is 7.95. The quantitative estimate of drug-likeness (QED) is 0.535. The van der Waals surface area contributed by atoms with Crippen molar-refractivity contribution in [3.8, 4) is 0 Å². The summed E-state index contributed by atoms with van der Waals surface area (Å²) in [5.41, 5.74) is 0.395. The molecule has 0 saturated carbocycles. The standard InChI is InChI=1S/C19H31FO/c1-4-5-6-7-8-9-10-11-14-19(3,21)17-13-12-16(2)18(20)15-17/h12-13,15,21H,4-11,14H2,1-3H3. The van der Waals surface area contributed by atoms with Crippen LogP contribution in [0.4, 0.5) is 4.39 Å². The second kappa shape index (κ2) is 9.19. The molecule has 0 heterocycles. The summed E-state index contributed by atoms with van der Waals surface area (Å²) in [5, 5.41) is 10.5. The van der Waals surface area contributed by atoms with E-state index in [2.05, 4.69) is 6.92 Å². The van der Waals surface area contributed by atoms with E-state index in [9.17, 15) is 9.50 Å². The maximum absolute atomic E-state index is 13.6. The first-order chi connectivity index (χ1) is 9.97. The molecule has 1 nitrogen and oxygen atoms in total. The largest absolute Gasteiger partial charge is 0.385 e. The fourth-order valence-electron chi connectivity index (χ4n) is 2.68. The van der Waals surface area contributed by atoms with Gasteiger partial charge in [-0.1, -0.05) is 70.4 Å². The van der Waals surface area contributed by atoms with Crippen LogP contribution in [0.3, 0.4) is 0 Å². The van der Waals surface area contributed by atoms with Crippen LogP contribution >= 0.6 is 0 Å². The van der Waals surface area contributed by atoms with Crippen molar-refractivity contribution in [3.63, 3.8) is 0 Å². The van der Waals surface area contributed by atoms with Crippen molar-refractivity contribution < 1.29 is 9.50 Å². The lowest BCUT2D eigenvalue weighted by Gasteiger charge is -2.24. The van der Waals surface area contributed by atoms with Crippen molar-refractivity contribution in [1.82, 2.24) is 0 Å². The van der Waals surface area contributed by atoms with E-state index in [1.54, 1.807) is 19.9 Å². The van der Waals surface area contributed by atoms with Crippen molar-refractivity contribution in [2.24, 2.45) is 0 Å². The minimum Gasteiger partial charge on any atom is -0.385 e. The van der Waals surface area contributed by atoms with Crippen molar-refractivity contribution >= 4 is 0 Å². The highest BCUT2D eigenvalue weighted by Crippen LogP contribution is 2.28. The van der Waals surface area contributed by atoms with Crippen LogP contribution in [0.25, 0.3) is 0 Å². The number of hydrogen-bond acceptors (Lipinski definition) is 1. The molecule has 0 aliphatic carbocycles. The fourth-order valence-corrected chi connectivity index (χ4v) is 2.68. The summed E-state index contributed by atoms with van der Waals surface area (Å²) in [5.74, 6) is -0.233. The van der Waals surface area contributed by atoms with E-state index in [1.807, 2.05) is 6.07 Å². The molecular formula is C19H31FO. The number of halogens is 1. The molecule has 1 aromatic rings. The Morgan fingerprint density at radius 2 is 1.57 bits per heavy atom. The summed E-state index contributed by atoms with van der Waals surface area (Å²) in [6.07, 6.45) is 10.7. The van der Waals surface area contributed by atoms with E-state index >= 15 is 0 Å². The third kappa shape index (κ3) is 6.60. The first-order valence-corrected chi connectivity index (χ1v) is 8.46. The molecular weight excluding hydrogens is 263 g/mol. The molecule has 1 aromatic carbocycles. The average molecular weight is 294 g/mol.